The highest BCUT2D eigenvalue weighted by atomic mass is 15.3. The molecular formula is C24H21N5. The first-order chi connectivity index (χ1) is 14.1. The van der Waals surface area contributed by atoms with E-state index in [1.54, 1.807) is 6.33 Å². The van der Waals surface area contributed by atoms with E-state index in [2.05, 4.69) is 76.5 Å². The van der Waals surface area contributed by atoms with Crippen molar-refractivity contribution in [3.8, 4) is 22.8 Å². The molecule has 0 saturated carbocycles. The van der Waals surface area contributed by atoms with E-state index in [0.29, 0.717) is 0 Å². The molecule has 5 aromatic rings. The van der Waals surface area contributed by atoms with Gasteiger partial charge in [0, 0.05) is 11.3 Å². The average Bonchev–Trinajstić information content (AvgIpc) is 3.35. The van der Waals surface area contributed by atoms with Crippen LogP contribution in [0.2, 0.25) is 0 Å². The van der Waals surface area contributed by atoms with Gasteiger partial charge in [-0.2, -0.15) is 0 Å². The second-order valence-electron chi connectivity index (χ2n) is 7.40. The van der Waals surface area contributed by atoms with Crippen molar-refractivity contribution in [1.29, 1.82) is 0 Å². The Hall–Kier alpha value is -3.73. The standard InChI is InChI=1S/C24H21N5/c1-16-12-17(2)23(18(3)13-16)29-15-26-27-24(29)20-10-7-11-21-22(20)25-14-28(21)19-8-5-4-6-9-19/h4-15H,1-3H3. The van der Waals surface area contributed by atoms with E-state index in [4.69, 9.17) is 4.98 Å². The van der Waals surface area contributed by atoms with Gasteiger partial charge in [-0.15, -0.1) is 10.2 Å². The third-order valence-electron chi connectivity index (χ3n) is 5.28. The van der Waals surface area contributed by atoms with Crippen molar-refractivity contribution in [2.75, 3.05) is 0 Å². The van der Waals surface area contributed by atoms with Crippen molar-refractivity contribution in [2.45, 2.75) is 20.8 Å². The SMILES string of the molecule is Cc1cc(C)c(-n2cnnc2-c2cccc3c2ncn3-c2ccccc2)c(C)c1. The van der Waals surface area contributed by atoms with Crippen LogP contribution in [-0.4, -0.2) is 24.3 Å². The van der Waals surface area contributed by atoms with Crippen LogP contribution < -0.4 is 0 Å². The van der Waals surface area contributed by atoms with Gasteiger partial charge in [-0.05, 0) is 56.2 Å². The first-order valence-electron chi connectivity index (χ1n) is 9.63. The molecule has 2 aromatic heterocycles. The Morgan fingerprint density at radius 3 is 2.28 bits per heavy atom. The van der Waals surface area contributed by atoms with Crippen LogP contribution in [0.5, 0.6) is 0 Å². The predicted octanol–water partition coefficient (Wildman–Crippen LogP) is 5.20. The Labute approximate surface area is 169 Å². The van der Waals surface area contributed by atoms with Crippen molar-refractivity contribution in [2.24, 2.45) is 0 Å². The fourth-order valence-electron chi connectivity index (χ4n) is 4.15. The van der Waals surface area contributed by atoms with Crippen molar-refractivity contribution < 1.29 is 0 Å². The molecule has 0 amide bonds. The summed E-state index contributed by atoms with van der Waals surface area (Å²) in [5.74, 6) is 0.795. The zero-order chi connectivity index (χ0) is 20.0. The van der Waals surface area contributed by atoms with Gasteiger partial charge < -0.3 is 0 Å². The maximum absolute atomic E-state index is 4.73. The molecular weight excluding hydrogens is 358 g/mol. The Balaban J connectivity index is 1.72. The van der Waals surface area contributed by atoms with E-state index in [1.807, 2.05) is 30.6 Å². The fourth-order valence-corrected chi connectivity index (χ4v) is 4.15. The van der Waals surface area contributed by atoms with Crippen molar-refractivity contribution in [3.05, 3.63) is 90.0 Å². The molecule has 0 unspecified atom stereocenters. The second kappa shape index (κ2) is 6.71. The lowest BCUT2D eigenvalue weighted by atomic mass is 10.0. The summed E-state index contributed by atoms with van der Waals surface area (Å²) in [5, 5.41) is 8.69. The van der Waals surface area contributed by atoms with E-state index in [1.165, 1.54) is 16.7 Å². The topological polar surface area (TPSA) is 48.5 Å². The van der Waals surface area contributed by atoms with Gasteiger partial charge in [0.25, 0.3) is 0 Å². The van der Waals surface area contributed by atoms with Crippen LogP contribution in [0.4, 0.5) is 0 Å². The zero-order valence-electron chi connectivity index (χ0n) is 16.7. The molecule has 5 nitrogen and oxygen atoms in total. The predicted molar refractivity (Wildman–Crippen MR) is 116 cm³/mol. The van der Waals surface area contributed by atoms with Crippen LogP contribution in [0, 0.1) is 20.8 Å². The molecule has 0 N–H and O–H groups in total. The molecule has 142 valence electrons. The maximum Gasteiger partial charge on any atom is 0.170 e. The summed E-state index contributed by atoms with van der Waals surface area (Å²) in [6.45, 7) is 6.38. The van der Waals surface area contributed by atoms with E-state index < -0.39 is 0 Å². The summed E-state index contributed by atoms with van der Waals surface area (Å²) in [7, 11) is 0. The van der Waals surface area contributed by atoms with Crippen molar-refractivity contribution in [3.63, 3.8) is 0 Å². The number of imidazole rings is 1. The molecule has 0 aliphatic heterocycles. The minimum atomic E-state index is 0.795. The molecule has 5 heteroatoms. The molecule has 0 atom stereocenters. The van der Waals surface area contributed by atoms with Crippen LogP contribution in [-0.2, 0) is 0 Å². The summed E-state index contributed by atoms with van der Waals surface area (Å²) in [6.07, 6.45) is 3.65. The lowest BCUT2D eigenvalue weighted by Crippen LogP contribution is -2.02. The number of para-hydroxylation sites is 2. The molecule has 3 aromatic carbocycles. The monoisotopic (exact) mass is 379 g/mol. The first kappa shape index (κ1) is 17.4. The number of aryl methyl sites for hydroxylation is 3. The minimum Gasteiger partial charge on any atom is -0.299 e. The molecule has 5 rings (SSSR count). The summed E-state index contributed by atoms with van der Waals surface area (Å²) in [5.41, 5.74) is 8.77. The maximum atomic E-state index is 4.73. The van der Waals surface area contributed by atoms with Crippen LogP contribution in [0.3, 0.4) is 0 Å². The summed E-state index contributed by atoms with van der Waals surface area (Å²) < 4.78 is 4.17. The zero-order valence-corrected chi connectivity index (χ0v) is 16.7. The number of aromatic nitrogens is 5. The van der Waals surface area contributed by atoms with Gasteiger partial charge in [-0.1, -0.05) is 42.0 Å². The normalized spacial score (nSPS) is 11.3. The van der Waals surface area contributed by atoms with E-state index in [0.717, 1.165) is 33.8 Å². The van der Waals surface area contributed by atoms with Crippen LogP contribution in [0.25, 0.3) is 33.8 Å². The molecule has 0 aliphatic rings. The minimum absolute atomic E-state index is 0.795. The summed E-state index contributed by atoms with van der Waals surface area (Å²) >= 11 is 0. The number of nitrogens with zero attached hydrogens (tertiary/aromatic N) is 5. The molecule has 0 aliphatic carbocycles. The highest BCUT2D eigenvalue weighted by Gasteiger charge is 2.17. The smallest absolute Gasteiger partial charge is 0.170 e. The quantitative estimate of drug-likeness (QED) is 0.433. The number of fused-ring (bicyclic) bond motifs is 1. The number of rotatable bonds is 3. The number of hydrogen-bond acceptors (Lipinski definition) is 3. The fraction of sp³-hybridized carbons (Fsp3) is 0.125. The molecule has 0 saturated heterocycles. The largest absolute Gasteiger partial charge is 0.299 e. The number of hydrogen-bond donors (Lipinski definition) is 0. The van der Waals surface area contributed by atoms with Gasteiger partial charge in [0.1, 0.15) is 12.7 Å². The third-order valence-corrected chi connectivity index (χ3v) is 5.28. The van der Waals surface area contributed by atoms with Crippen molar-refractivity contribution >= 4 is 11.0 Å². The van der Waals surface area contributed by atoms with Gasteiger partial charge in [-0.3, -0.25) is 9.13 Å². The summed E-state index contributed by atoms with van der Waals surface area (Å²) in [6, 6.07) is 20.8. The van der Waals surface area contributed by atoms with Crippen molar-refractivity contribution in [1.82, 2.24) is 24.3 Å². The van der Waals surface area contributed by atoms with Gasteiger partial charge in [-0.25, -0.2) is 4.98 Å². The summed E-state index contributed by atoms with van der Waals surface area (Å²) in [4.78, 5) is 4.73. The third kappa shape index (κ3) is 2.83. The Morgan fingerprint density at radius 2 is 1.52 bits per heavy atom. The highest BCUT2D eigenvalue weighted by molar-refractivity contribution is 5.91. The average molecular weight is 379 g/mol. The van der Waals surface area contributed by atoms with Gasteiger partial charge in [0.2, 0.25) is 0 Å². The highest BCUT2D eigenvalue weighted by Crippen LogP contribution is 2.31. The number of benzene rings is 3. The van der Waals surface area contributed by atoms with Crippen LogP contribution in [0.15, 0.2) is 73.3 Å². The first-order valence-corrected chi connectivity index (χ1v) is 9.63. The van der Waals surface area contributed by atoms with E-state index in [-0.39, 0.29) is 0 Å². The molecule has 0 spiro atoms. The van der Waals surface area contributed by atoms with Crippen LogP contribution in [0.1, 0.15) is 16.7 Å². The Morgan fingerprint density at radius 1 is 0.759 bits per heavy atom. The van der Waals surface area contributed by atoms with Crippen LogP contribution >= 0.6 is 0 Å². The molecule has 0 radical (unpaired) electrons. The second-order valence-corrected chi connectivity index (χ2v) is 7.40. The lowest BCUT2D eigenvalue weighted by Gasteiger charge is -2.14. The van der Waals surface area contributed by atoms with Gasteiger partial charge in [0.05, 0.1) is 16.7 Å². The molecule has 0 bridgehead atoms. The molecule has 0 fully saturated rings. The molecule has 29 heavy (non-hydrogen) atoms. The molecule has 2 heterocycles. The van der Waals surface area contributed by atoms with Gasteiger partial charge >= 0.3 is 0 Å². The Kier molecular flexibility index (Phi) is 4.02. The van der Waals surface area contributed by atoms with E-state index in [9.17, 15) is 0 Å². The van der Waals surface area contributed by atoms with Gasteiger partial charge in [0.15, 0.2) is 5.82 Å². The lowest BCUT2D eigenvalue weighted by molar-refractivity contribution is 1.03. The Bertz CT molecular complexity index is 1310. The van der Waals surface area contributed by atoms with E-state index >= 15 is 0 Å².